The summed E-state index contributed by atoms with van der Waals surface area (Å²) in [5.41, 5.74) is -1.39. The van der Waals surface area contributed by atoms with Crippen LogP contribution in [0.2, 0.25) is 0 Å². The number of allylic oxidation sites excluding steroid dienone is 1. The van der Waals surface area contributed by atoms with Crippen LogP contribution in [-0.2, 0) is 28.7 Å². The molecule has 2 fully saturated rings. The van der Waals surface area contributed by atoms with Gasteiger partial charge in [0.25, 0.3) is 0 Å². The molecule has 3 amide bonds. The lowest BCUT2D eigenvalue weighted by molar-refractivity contribution is -0.160. The lowest BCUT2D eigenvalue weighted by Crippen LogP contribution is -2.59. The van der Waals surface area contributed by atoms with E-state index in [0.29, 0.717) is 19.4 Å². The summed E-state index contributed by atoms with van der Waals surface area (Å²) in [6, 6.07) is -1.69. The zero-order valence-corrected chi connectivity index (χ0v) is 24.4. The molecular formula is C30H45N3O7. The standard InChI is InChI=1S/C30H45N3O7/c1-6-10-19(4)32-14-9-13-30-25(27(36)33(26(30)28(32)37)21(17-34)15-18(2)3)24-22(40-30)11-7-8-12-23(35)31-16-20(5)39-29(24)38/h7,9,11,13,18-22,24-26,34H,6,8,10,12,14-17H2,1-5H3,(H,31,35)/b11-7-/t19?,20-,21-,22-,24+,25+,26-,30+/m1/s1. The number of hydrogen-bond acceptors (Lipinski definition) is 7. The van der Waals surface area contributed by atoms with Crippen LogP contribution in [0.1, 0.15) is 66.7 Å². The summed E-state index contributed by atoms with van der Waals surface area (Å²) >= 11 is 0. The number of esters is 1. The number of likely N-dealkylation sites (tertiary alicyclic amines) is 1. The number of aliphatic hydroxyl groups is 1. The minimum absolute atomic E-state index is 0.0590. The molecule has 4 heterocycles. The number of nitrogens with zero attached hydrogens (tertiary/aromatic N) is 2. The highest BCUT2D eigenvalue weighted by molar-refractivity contribution is 5.99. The van der Waals surface area contributed by atoms with Crippen molar-refractivity contribution < 1.29 is 33.8 Å². The van der Waals surface area contributed by atoms with Gasteiger partial charge in [0.2, 0.25) is 17.7 Å². The largest absolute Gasteiger partial charge is 0.460 e. The van der Waals surface area contributed by atoms with Crippen molar-refractivity contribution in [2.75, 3.05) is 19.7 Å². The quantitative estimate of drug-likeness (QED) is 0.361. The van der Waals surface area contributed by atoms with Gasteiger partial charge in [0.15, 0.2) is 0 Å². The van der Waals surface area contributed by atoms with E-state index in [1.165, 1.54) is 4.90 Å². The van der Waals surface area contributed by atoms with Crippen LogP contribution in [0.4, 0.5) is 0 Å². The molecule has 2 N–H and O–H groups in total. The van der Waals surface area contributed by atoms with Crippen LogP contribution < -0.4 is 5.32 Å². The average Bonchev–Trinajstić information content (AvgIpc) is 3.28. The Morgan fingerprint density at radius 2 is 1.90 bits per heavy atom. The first-order valence-corrected chi connectivity index (χ1v) is 14.8. The molecule has 0 saturated carbocycles. The average molecular weight is 560 g/mol. The second kappa shape index (κ2) is 12.4. The molecule has 0 aromatic carbocycles. The van der Waals surface area contributed by atoms with E-state index in [4.69, 9.17) is 9.47 Å². The van der Waals surface area contributed by atoms with E-state index in [1.54, 1.807) is 30.1 Å². The monoisotopic (exact) mass is 559 g/mol. The van der Waals surface area contributed by atoms with E-state index in [-0.39, 0.29) is 49.3 Å². The second-order valence-electron chi connectivity index (χ2n) is 12.1. The van der Waals surface area contributed by atoms with Crippen LogP contribution in [0.15, 0.2) is 24.3 Å². The lowest BCUT2D eigenvalue weighted by Gasteiger charge is -2.40. The van der Waals surface area contributed by atoms with Crippen molar-refractivity contribution in [3.63, 3.8) is 0 Å². The zero-order chi connectivity index (χ0) is 29.2. The molecular weight excluding hydrogens is 514 g/mol. The first kappa shape index (κ1) is 30.2. The number of carbonyl (C=O) groups is 4. The molecule has 4 aliphatic heterocycles. The third-order valence-electron chi connectivity index (χ3n) is 8.59. The van der Waals surface area contributed by atoms with Crippen molar-refractivity contribution in [3.8, 4) is 0 Å². The van der Waals surface area contributed by atoms with Crippen molar-refractivity contribution in [1.29, 1.82) is 0 Å². The van der Waals surface area contributed by atoms with Gasteiger partial charge >= 0.3 is 5.97 Å². The highest BCUT2D eigenvalue weighted by Gasteiger charge is 2.72. The minimum Gasteiger partial charge on any atom is -0.460 e. The first-order chi connectivity index (χ1) is 19.0. The summed E-state index contributed by atoms with van der Waals surface area (Å²) in [4.78, 5) is 58.0. The van der Waals surface area contributed by atoms with E-state index in [9.17, 15) is 24.3 Å². The van der Waals surface area contributed by atoms with E-state index in [0.717, 1.165) is 12.8 Å². The Morgan fingerprint density at radius 1 is 1.15 bits per heavy atom. The van der Waals surface area contributed by atoms with Crippen LogP contribution in [0.5, 0.6) is 0 Å². The van der Waals surface area contributed by atoms with Gasteiger partial charge in [0.1, 0.15) is 23.7 Å². The van der Waals surface area contributed by atoms with E-state index >= 15 is 0 Å². The Labute approximate surface area is 237 Å². The van der Waals surface area contributed by atoms with Crippen molar-refractivity contribution in [2.24, 2.45) is 17.8 Å². The van der Waals surface area contributed by atoms with E-state index in [1.807, 2.05) is 26.8 Å². The number of aliphatic hydroxyl groups excluding tert-OH is 1. The number of cyclic esters (lactones) is 1. The number of nitrogens with one attached hydrogen (secondary N) is 1. The molecule has 222 valence electrons. The second-order valence-corrected chi connectivity index (χ2v) is 12.1. The number of hydrogen-bond donors (Lipinski definition) is 2. The van der Waals surface area contributed by atoms with Gasteiger partial charge in [-0.1, -0.05) is 51.5 Å². The van der Waals surface area contributed by atoms with E-state index < -0.39 is 47.7 Å². The number of rotatable bonds is 7. The number of ether oxygens (including phenoxy) is 2. The maximum Gasteiger partial charge on any atom is 0.313 e. The molecule has 0 aromatic heterocycles. The molecule has 2 saturated heterocycles. The minimum atomic E-state index is -1.39. The summed E-state index contributed by atoms with van der Waals surface area (Å²) < 4.78 is 12.4. The van der Waals surface area contributed by atoms with E-state index in [2.05, 4.69) is 12.2 Å². The highest BCUT2D eigenvalue weighted by atomic mass is 16.6. The fourth-order valence-electron chi connectivity index (χ4n) is 6.80. The molecule has 4 rings (SSSR count). The fourth-order valence-corrected chi connectivity index (χ4v) is 6.80. The Kier molecular flexibility index (Phi) is 9.40. The molecule has 10 nitrogen and oxygen atoms in total. The van der Waals surface area contributed by atoms with Crippen LogP contribution in [-0.4, -0.2) is 94.2 Å². The third-order valence-corrected chi connectivity index (χ3v) is 8.59. The fraction of sp³-hybridized carbons (Fsp3) is 0.733. The molecule has 0 bridgehead atoms. The van der Waals surface area contributed by atoms with Gasteiger partial charge in [-0.25, -0.2) is 0 Å². The normalized spacial score (nSPS) is 35.1. The van der Waals surface area contributed by atoms with Gasteiger partial charge in [-0.05, 0) is 39.0 Å². The van der Waals surface area contributed by atoms with Gasteiger partial charge in [-0.3, -0.25) is 19.2 Å². The Hall–Kier alpha value is -2.72. The van der Waals surface area contributed by atoms with Crippen LogP contribution >= 0.6 is 0 Å². The summed E-state index contributed by atoms with van der Waals surface area (Å²) in [7, 11) is 0. The topological polar surface area (TPSA) is 125 Å². The first-order valence-electron chi connectivity index (χ1n) is 14.8. The summed E-state index contributed by atoms with van der Waals surface area (Å²) in [5.74, 6) is -3.17. The van der Waals surface area contributed by atoms with Gasteiger partial charge in [0.05, 0.1) is 31.2 Å². The lowest BCUT2D eigenvalue weighted by atomic mass is 9.77. The van der Waals surface area contributed by atoms with Gasteiger partial charge in [0, 0.05) is 19.0 Å². The van der Waals surface area contributed by atoms with Gasteiger partial charge in [-0.15, -0.1) is 0 Å². The van der Waals surface area contributed by atoms with Crippen molar-refractivity contribution in [3.05, 3.63) is 24.3 Å². The maximum absolute atomic E-state index is 14.4. The Balaban J connectivity index is 1.83. The van der Waals surface area contributed by atoms with Crippen molar-refractivity contribution in [2.45, 2.75) is 103 Å². The van der Waals surface area contributed by atoms with Crippen LogP contribution in [0, 0.1) is 17.8 Å². The molecule has 0 radical (unpaired) electrons. The smallest absolute Gasteiger partial charge is 0.313 e. The highest BCUT2D eigenvalue weighted by Crippen LogP contribution is 2.54. The molecule has 8 atom stereocenters. The van der Waals surface area contributed by atoms with Crippen LogP contribution in [0.3, 0.4) is 0 Å². The Bertz CT molecular complexity index is 1040. The molecule has 4 aliphatic rings. The number of carbonyl (C=O) groups excluding carboxylic acids is 4. The van der Waals surface area contributed by atoms with Crippen LogP contribution in [0.25, 0.3) is 0 Å². The SMILES string of the molecule is CCCC(C)N1CC=C[C@]23O[C@@H]4/C=C\CCC(=O)NC[C@@H](C)OC(=O)[C@@H]4[C@H]2C(=O)N([C@@H](CO)CC(C)C)[C@@H]3C1=O. The number of fused-ring (bicyclic) bond motifs is 2. The predicted octanol–water partition coefficient (Wildman–Crippen LogP) is 1.96. The molecule has 1 unspecified atom stereocenters. The maximum atomic E-state index is 14.4. The molecule has 40 heavy (non-hydrogen) atoms. The van der Waals surface area contributed by atoms with Crippen molar-refractivity contribution in [1.82, 2.24) is 15.1 Å². The molecule has 0 aromatic rings. The summed E-state index contributed by atoms with van der Waals surface area (Å²) in [6.07, 6.45) is 8.70. The molecule has 0 aliphatic carbocycles. The molecule has 1 spiro atoms. The van der Waals surface area contributed by atoms with Gasteiger partial charge in [-0.2, -0.15) is 0 Å². The third kappa shape index (κ3) is 5.57. The summed E-state index contributed by atoms with van der Waals surface area (Å²) in [6.45, 7) is 9.99. The van der Waals surface area contributed by atoms with Gasteiger partial charge < -0.3 is 29.7 Å². The predicted molar refractivity (Wildman–Crippen MR) is 148 cm³/mol. The zero-order valence-electron chi connectivity index (χ0n) is 24.4. The summed E-state index contributed by atoms with van der Waals surface area (Å²) in [5, 5.41) is 13.2. The molecule has 10 heteroatoms. The Morgan fingerprint density at radius 3 is 2.58 bits per heavy atom. The van der Waals surface area contributed by atoms with Crippen molar-refractivity contribution >= 4 is 23.7 Å². The number of amides is 3.